The highest BCUT2D eigenvalue weighted by Crippen LogP contribution is 2.08. The summed E-state index contributed by atoms with van der Waals surface area (Å²) in [7, 11) is 0. The highest BCUT2D eigenvalue weighted by atomic mass is 16.6. The molecule has 86 valence electrons. The summed E-state index contributed by atoms with van der Waals surface area (Å²) in [5, 5.41) is 2.47. The average Bonchev–Trinajstić information content (AvgIpc) is 2.29. The monoisotopic (exact) mass is 221 g/mol. The van der Waals surface area contributed by atoms with Gasteiger partial charge in [-0.1, -0.05) is 25.1 Å². The highest BCUT2D eigenvalue weighted by molar-refractivity contribution is 5.87. The molecule has 0 aliphatic carbocycles. The molecule has 0 saturated heterocycles. The Morgan fingerprint density at radius 1 is 1.31 bits per heavy atom. The van der Waals surface area contributed by atoms with Crippen LogP contribution in [0.15, 0.2) is 30.3 Å². The Morgan fingerprint density at radius 2 is 1.94 bits per heavy atom. The van der Waals surface area contributed by atoms with Crippen LogP contribution in [0, 0.1) is 0 Å². The average molecular weight is 221 g/mol. The van der Waals surface area contributed by atoms with Gasteiger partial charge in [-0.3, -0.25) is 4.79 Å². The fraction of sp³-hybridized carbons (Fsp3) is 0.333. The normalized spacial score (nSPS) is 11.6. The van der Waals surface area contributed by atoms with Crippen LogP contribution in [-0.4, -0.2) is 17.9 Å². The van der Waals surface area contributed by atoms with Crippen molar-refractivity contribution >= 4 is 11.9 Å². The standard InChI is InChI=1S/C12H15NO3/c1-3-11(14)9(2)13-12(15)16-10-7-5-4-6-8-10/h4-9H,3H2,1-2H3,(H,13,15). The maximum Gasteiger partial charge on any atom is 0.413 e. The molecule has 0 aromatic heterocycles. The SMILES string of the molecule is CCC(=O)C(C)NC(=O)Oc1ccccc1. The molecule has 16 heavy (non-hydrogen) atoms. The summed E-state index contributed by atoms with van der Waals surface area (Å²) in [5.74, 6) is 0.432. The van der Waals surface area contributed by atoms with Gasteiger partial charge in [-0.2, -0.15) is 0 Å². The number of ketones is 1. The van der Waals surface area contributed by atoms with E-state index in [1.807, 2.05) is 6.07 Å². The number of rotatable bonds is 4. The third-order valence-corrected chi connectivity index (χ3v) is 2.12. The molecular weight excluding hydrogens is 206 g/mol. The third-order valence-electron chi connectivity index (χ3n) is 2.12. The fourth-order valence-electron chi connectivity index (χ4n) is 1.19. The summed E-state index contributed by atoms with van der Waals surface area (Å²) in [6, 6.07) is 8.19. The number of nitrogens with one attached hydrogen (secondary N) is 1. The van der Waals surface area contributed by atoms with Crippen molar-refractivity contribution in [2.75, 3.05) is 0 Å². The van der Waals surface area contributed by atoms with Gasteiger partial charge >= 0.3 is 6.09 Å². The largest absolute Gasteiger partial charge is 0.413 e. The zero-order valence-corrected chi connectivity index (χ0v) is 9.40. The van der Waals surface area contributed by atoms with Gasteiger partial charge < -0.3 is 10.1 Å². The smallest absolute Gasteiger partial charge is 0.410 e. The Balaban J connectivity index is 2.45. The molecule has 1 atom stereocenters. The number of ether oxygens (including phenoxy) is 1. The minimum absolute atomic E-state index is 0.0231. The van der Waals surface area contributed by atoms with E-state index in [2.05, 4.69) is 5.32 Å². The Kier molecular flexibility index (Phi) is 4.51. The molecule has 1 N–H and O–H groups in total. The number of hydrogen-bond acceptors (Lipinski definition) is 3. The topological polar surface area (TPSA) is 55.4 Å². The first-order valence-corrected chi connectivity index (χ1v) is 5.19. The second kappa shape index (κ2) is 5.90. The maximum atomic E-state index is 11.4. The predicted octanol–water partition coefficient (Wildman–Crippen LogP) is 2.14. The summed E-state index contributed by atoms with van der Waals surface area (Å²) in [6.45, 7) is 3.39. The number of Topliss-reactive ketones (excluding diaryl/α,β-unsaturated/α-hetero) is 1. The molecule has 1 unspecified atom stereocenters. The minimum atomic E-state index is -0.611. The van der Waals surface area contributed by atoms with Crippen molar-refractivity contribution in [1.82, 2.24) is 5.32 Å². The van der Waals surface area contributed by atoms with Crippen LogP contribution >= 0.6 is 0 Å². The van der Waals surface area contributed by atoms with Gasteiger partial charge in [0.2, 0.25) is 0 Å². The second-order valence-corrected chi connectivity index (χ2v) is 3.39. The molecule has 4 heteroatoms. The van der Waals surface area contributed by atoms with Crippen LogP contribution in [0.1, 0.15) is 20.3 Å². The van der Waals surface area contributed by atoms with Crippen LogP contribution in [0.2, 0.25) is 0 Å². The molecule has 0 heterocycles. The Morgan fingerprint density at radius 3 is 2.50 bits per heavy atom. The van der Waals surface area contributed by atoms with Gasteiger partial charge in [0.15, 0.2) is 5.78 Å². The Bertz CT molecular complexity index is 362. The lowest BCUT2D eigenvalue weighted by atomic mass is 10.2. The fourth-order valence-corrected chi connectivity index (χ4v) is 1.19. The van der Waals surface area contributed by atoms with E-state index in [4.69, 9.17) is 4.74 Å². The van der Waals surface area contributed by atoms with Gasteiger partial charge in [0.05, 0.1) is 6.04 Å². The summed E-state index contributed by atoms with van der Waals surface area (Å²) in [6.07, 6.45) is -0.215. The predicted molar refractivity (Wildman–Crippen MR) is 60.4 cm³/mol. The molecule has 0 aliphatic rings. The number of benzene rings is 1. The van der Waals surface area contributed by atoms with Crippen molar-refractivity contribution in [3.8, 4) is 5.75 Å². The summed E-state index contributed by atoms with van der Waals surface area (Å²) in [5.41, 5.74) is 0. The van der Waals surface area contributed by atoms with E-state index >= 15 is 0 Å². The van der Waals surface area contributed by atoms with Crippen molar-refractivity contribution in [3.63, 3.8) is 0 Å². The summed E-state index contributed by atoms with van der Waals surface area (Å²) >= 11 is 0. The first kappa shape index (κ1) is 12.2. The molecule has 1 rings (SSSR count). The number of carbonyl (C=O) groups excluding carboxylic acids is 2. The van der Waals surface area contributed by atoms with E-state index in [0.717, 1.165) is 0 Å². The van der Waals surface area contributed by atoms with E-state index in [-0.39, 0.29) is 5.78 Å². The lowest BCUT2D eigenvalue weighted by molar-refractivity contribution is -0.120. The third kappa shape index (κ3) is 3.73. The second-order valence-electron chi connectivity index (χ2n) is 3.39. The lowest BCUT2D eigenvalue weighted by Crippen LogP contribution is -2.39. The zero-order valence-electron chi connectivity index (χ0n) is 9.40. The number of para-hydroxylation sites is 1. The van der Waals surface area contributed by atoms with Gasteiger partial charge in [-0.25, -0.2) is 4.79 Å². The molecule has 0 radical (unpaired) electrons. The molecule has 1 amide bonds. The molecule has 0 aliphatic heterocycles. The van der Waals surface area contributed by atoms with E-state index < -0.39 is 12.1 Å². The molecule has 0 spiro atoms. The number of carbonyl (C=O) groups is 2. The molecular formula is C12H15NO3. The first-order valence-electron chi connectivity index (χ1n) is 5.19. The molecule has 1 aromatic rings. The van der Waals surface area contributed by atoms with Crippen LogP contribution in [0.3, 0.4) is 0 Å². The summed E-state index contributed by atoms with van der Waals surface area (Å²) < 4.78 is 4.98. The van der Waals surface area contributed by atoms with E-state index in [1.165, 1.54) is 0 Å². The Labute approximate surface area is 94.6 Å². The van der Waals surface area contributed by atoms with Crippen LogP contribution in [0.4, 0.5) is 4.79 Å². The van der Waals surface area contributed by atoms with E-state index in [0.29, 0.717) is 12.2 Å². The van der Waals surface area contributed by atoms with Crippen LogP contribution in [0.5, 0.6) is 5.75 Å². The van der Waals surface area contributed by atoms with Crippen molar-refractivity contribution in [2.45, 2.75) is 26.3 Å². The van der Waals surface area contributed by atoms with Gasteiger partial charge in [-0.05, 0) is 19.1 Å². The van der Waals surface area contributed by atoms with Crippen molar-refractivity contribution in [2.24, 2.45) is 0 Å². The van der Waals surface area contributed by atoms with Crippen molar-refractivity contribution in [1.29, 1.82) is 0 Å². The molecule has 0 saturated carbocycles. The lowest BCUT2D eigenvalue weighted by Gasteiger charge is -2.11. The molecule has 4 nitrogen and oxygen atoms in total. The van der Waals surface area contributed by atoms with E-state index in [9.17, 15) is 9.59 Å². The quantitative estimate of drug-likeness (QED) is 0.847. The molecule has 0 fully saturated rings. The van der Waals surface area contributed by atoms with Crippen LogP contribution < -0.4 is 10.1 Å². The van der Waals surface area contributed by atoms with Crippen molar-refractivity contribution < 1.29 is 14.3 Å². The molecule has 0 bridgehead atoms. The highest BCUT2D eigenvalue weighted by Gasteiger charge is 2.14. The van der Waals surface area contributed by atoms with E-state index in [1.54, 1.807) is 38.1 Å². The molecule has 1 aromatic carbocycles. The van der Waals surface area contributed by atoms with Gasteiger partial charge in [0.1, 0.15) is 5.75 Å². The summed E-state index contributed by atoms with van der Waals surface area (Å²) in [4.78, 5) is 22.6. The first-order chi connectivity index (χ1) is 7.63. The number of hydrogen-bond donors (Lipinski definition) is 1. The number of amides is 1. The van der Waals surface area contributed by atoms with Gasteiger partial charge in [-0.15, -0.1) is 0 Å². The Hall–Kier alpha value is -1.84. The maximum absolute atomic E-state index is 11.4. The van der Waals surface area contributed by atoms with Gasteiger partial charge in [0.25, 0.3) is 0 Å². The van der Waals surface area contributed by atoms with Crippen LogP contribution in [-0.2, 0) is 4.79 Å². The van der Waals surface area contributed by atoms with Crippen LogP contribution in [0.25, 0.3) is 0 Å². The van der Waals surface area contributed by atoms with Gasteiger partial charge in [0, 0.05) is 6.42 Å². The minimum Gasteiger partial charge on any atom is -0.410 e. The van der Waals surface area contributed by atoms with Crippen molar-refractivity contribution in [3.05, 3.63) is 30.3 Å². The zero-order chi connectivity index (χ0) is 12.0.